The van der Waals surface area contributed by atoms with E-state index in [1.807, 2.05) is 38.4 Å². The fourth-order valence-corrected chi connectivity index (χ4v) is 4.71. The standard InChI is InChI=1S/C23H29N5O3S/c1-13(2)28-22-19(12-24-28)18(11-21(25-22)16-7-8-16)23(29)26-20-10-17(9-14(3)15(20)4)32(30,31)27(5)6/h9-13,16H,7-8H2,1-6H3,(H,26,29). The molecule has 170 valence electrons. The summed E-state index contributed by atoms with van der Waals surface area (Å²) in [6, 6.07) is 5.11. The van der Waals surface area contributed by atoms with Crippen LogP contribution in [0.3, 0.4) is 0 Å². The number of rotatable bonds is 6. The Hall–Kier alpha value is -2.78. The summed E-state index contributed by atoms with van der Waals surface area (Å²) in [6.07, 6.45) is 3.81. The first-order valence-electron chi connectivity index (χ1n) is 10.7. The largest absolute Gasteiger partial charge is 0.322 e. The van der Waals surface area contributed by atoms with Crippen LogP contribution in [0.15, 0.2) is 29.3 Å². The van der Waals surface area contributed by atoms with E-state index < -0.39 is 10.0 Å². The van der Waals surface area contributed by atoms with E-state index in [2.05, 4.69) is 10.4 Å². The van der Waals surface area contributed by atoms with Gasteiger partial charge in [-0.3, -0.25) is 4.79 Å². The molecule has 0 unspecified atom stereocenters. The van der Waals surface area contributed by atoms with Crippen molar-refractivity contribution >= 4 is 32.7 Å². The van der Waals surface area contributed by atoms with Crippen molar-refractivity contribution in [1.82, 2.24) is 19.1 Å². The van der Waals surface area contributed by atoms with Crippen molar-refractivity contribution in [2.45, 2.75) is 57.4 Å². The van der Waals surface area contributed by atoms with Crippen LogP contribution < -0.4 is 5.32 Å². The number of hydrogen-bond donors (Lipinski definition) is 1. The van der Waals surface area contributed by atoms with Crippen LogP contribution in [0.25, 0.3) is 11.0 Å². The third-order valence-corrected chi connectivity index (χ3v) is 7.78. The number of aryl methyl sites for hydroxylation is 1. The number of benzene rings is 1. The molecule has 0 bridgehead atoms. The smallest absolute Gasteiger partial charge is 0.256 e. The van der Waals surface area contributed by atoms with Crippen LogP contribution in [0.4, 0.5) is 5.69 Å². The highest BCUT2D eigenvalue weighted by molar-refractivity contribution is 7.89. The summed E-state index contributed by atoms with van der Waals surface area (Å²) < 4.78 is 28.3. The van der Waals surface area contributed by atoms with Gasteiger partial charge in [-0.25, -0.2) is 22.4 Å². The zero-order chi connectivity index (χ0) is 23.4. The lowest BCUT2D eigenvalue weighted by Crippen LogP contribution is -2.23. The molecule has 2 aromatic heterocycles. The Balaban J connectivity index is 1.79. The summed E-state index contributed by atoms with van der Waals surface area (Å²) in [4.78, 5) is 18.4. The first-order chi connectivity index (χ1) is 15.0. The summed E-state index contributed by atoms with van der Waals surface area (Å²) in [5.41, 5.74) is 4.19. The molecule has 1 aromatic carbocycles. The molecule has 0 aliphatic heterocycles. The molecular weight excluding hydrogens is 426 g/mol. The summed E-state index contributed by atoms with van der Waals surface area (Å²) in [5, 5.41) is 8.09. The molecule has 2 heterocycles. The van der Waals surface area contributed by atoms with Crippen molar-refractivity contribution in [2.75, 3.05) is 19.4 Å². The maximum atomic E-state index is 13.4. The predicted octanol–water partition coefficient (Wildman–Crippen LogP) is 4.01. The van der Waals surface area contributed by atoms with Gasteiger partial charge >= 0.3 is 0 Å². The first-order valence-corrected chi connectivity index (χ1v) is 12.2. The molecule has 1 aliphatic rings. The minimum Gasteiger partial charge on any atom is -0.322 e. The fourth-order valence-electron chi connectivity index (χ4n) is 3.70. The van der Waals surface area contributed by atoms with E-state index in [0.29, 0.717) is 28.2 Å². The van der Waals surface area contributed by atoms with Crippen LogP contribution >= 0.6 is 0 Å². The van der Waals surface area contributed by atoms with Gasteiger partial charge in [0, 0.05) is 37.4 Å². The lowest BCUT2D eigenvalue weighted by molar-refractivity contribution is 0.102. The highest BCUT2D eigenvalue weighted by atomic mass is 32.2. The number of anilines is 1. The van der Waals surface area contributed by atoms with Gasteiger partial charge in [0.1, 0.15) is 0 Å². The molecule has 1 aliphatic carbocycles. The predicted molar refractivity (Wildman–Crippen MR) is 125 cm³/mol. The van der Waals surface area contributed by atoms with Crippen LogP contribution in [0.2, 0.25) is 0 Å². The molecule has 32 heavy (non-hydrogen) atoms. The molecule has 1 N–H and O–H groups in total. The zero-order valence-electron chi connectivity index (χ0n) is 19.3. The molecule has 4 rings (SSSR count). The summed E-state index contributed by atoms with van der Waals surface area (Å²) >= 11 is 0. The Labute approximate surface area is 188 Å². The molecule has 0 radical (unpaired) electrons. The summed E-state index contributed by atoms with van der Waals surface area (Å²) in [5.74, 6) is 0.0727. The fraction of sp³-hybridized carbons (Fsp3) is 0.435. The van der Waals surface area contributed by atoms with Crippen molar-refractivity contribution in [3.8, 4) is 0 Å². The number of pyridine rings is 1. The second-order valence-corrected chi connectivity index (χ2v) is 11.1. The Bertz CT molecular complexity index is 1320. The van der Waals surface area contributed by atoms with Gasteiger partial charge in [-0.15, -0.1) is 0 Å². The number of nitrogens with zero attached hydrogens (tertiary/aromatic N) is 4. The molecule has 0 saturated heterocycles. The third-order valence-electron chi connectivity index (χ3n) is 5.98. The van der Waals surface area contributed by atoms with E-state index in [4.69, 9.17) is 4.98 Å². The van der Waals surface area contributed by atoms with Gasteiger partial charge in [-0.2, -0.15) is 5.10 Å². The van der Waals surface area contributed by atoms with E-state index in [1.165, 1.54) is 20.2 Å². The van der Waals surface area contributed by atoms with Gasteiger partial charge in [0.2, 0.25) is 10.0 Å². The van der Waals surface area contributed by atoms with Gasteiger partial charge in [0.05, 0.1) is 22.0 Å². The van der Waals surface area contributed by atoms with E-state index in [0.717, 1.165) is 34.0 Å². The Morgan fingerprint density at radius 3 is 2.47 bits per heavy atom. The third kappa shape index (κ3) is 3.91. The van der Waals surface area contributed by atoms with Crippen LogP contribution in [0, 0.1) is 13.8 Å². The van der Waals surface area contributed by atoms with E-state index >= 15 is 0 Å². The quantitative estimate of drug-likeness (QED) is 0.606. The van der Waals surface area contributed by atoms with E-state index in [9.17, 15) is 13.2 Å². The van der Waals surface area contributed by atoms with E-state index in [1.54, 1.807) is 12.3 Å². The second kappa shape index (κ2) is 7.97. The molecule has 1 fully saturated rings. The van der Waals surface area contributed by atoms with Gasteiger partial charge in [0.25, 0.3) is 5.91 Å². The maximum Gasteiger partial charge on any atom is 0.256 e. The molecule has 9 heteroatoms. The van der Waals surface area contributed by atoms with Gasteiger partial charge in [0.15, 0.2) is 5.65 Å². The summed E-state index contributed by atoms with van der Waals surface area (Å²) in [7, 11) is -0.654. The van der Waals surface area contributed by atoms with Gasteiger partial charge in [-0.05, 0) is 69.9 Å². The normalized spacial score (nSPS) is 14.5. The topological polar surface area (TPSA) is 97.2 Å². The average Bonchev–Trinajstić information content (AvgIpc) is 3.48. The minimum absolute atomic E-state index is 0.114. The minimum atomic E-state index is -3.63. The zero-order valence-corrected chi connectivity index (χ0v) is 20.1. The number of fused-ring (bicyclic) bond motifs is 1. The molecule has 0 atom stereocenters. The molecule has 1 amide bonds. The number of carbonyl (C=O) groups excluding carboxylic acids is 1. The van der Waals surface area contributed by atoms with Crippen molar-refractivity contribution in [2.24, 2.45) is 0 Å². The SMILES string of the molecule is Cc1cc(S(=O)(=O)N(C)C)cc(NC(=O)c2cc(C3CC3)nc3c2cnn3C(C)C)c1C. The lowest BCUT2D eigenvalue weighted by Gasteiger charge is -2.17. The Morgan fingerprint density at radius 1 is 1.19 bits per heavy atom. The Kier molecular flexibility index (Phi) is 5.58. The molecular formula is C23H29N5O3S. The molecule has 1 saturated carbocycles. The highest BCUT2D eigenvalue weighted by Crippen LogP contribution is 2.40. The number of amides is 1. The maximum absolute atomic E-state index is 13.4. The number of carbonyl (C=O) groups is 1. The van der Waals surface area contributed by atoms with Crippen LogP contribution in [0.1, 0.15) is 65.8 Å². The van der Waals surface area contributed by atoms with E-state index in [-0.39, 0.29) is 16.8 Å². The van der Waals surface area contributed by atoms with Crippen LogP contribution in [-0.2, 0) is 10.0 Å². The average molecular weight is 456 g/mol. The monoisotopic (exact) mass is 455 g/mol. The molecule has 0 spiro atoms. The molecule has 3 aromatic rings. The highest BCUT2D eigenvalue weighted by Gasteiger charge is 2.28. The summed E-state index contributed by atoms with van der Waals surface area (Å²) in [6.45, 7) is 7.76. The second-order valence-electron chi connectivity index (χ2n) is 8.94. The number of hydrogen-bond acceptors (Lipinski definition) is 5. The Morgan fingerprint density at radius 2 is 1.88 bits per heavy atom. The van der Waals surface area contributed by atoms with Crippen molar-refractivity contribution in [1.29, 1.82) is 0 Å². The van der Waals surface area contributed by atoms with Gasteiger partial charge in [-0.1, -0.05) is 0 Å². The number of aromatic nitrogens is 3. The van der Waals surface area contributed by atoms with Crippen molar-refractivity contribution in [3.05, 3.63) is 46.8 Å². The number of nitrogens with one attached hydrogen (secondary N) is 1. The first kappa shape index (κ1) is 22.4. The number of sulfonamides is 1. The molecule has 8 nitrogen and oxygen atoms in total. The van der Waals surface area contributed by atoms with Crippen LogP contribution in [0.5, 0.6) is 0 Å². The lowest BCUT2D eigenvalue weighted by atomic mass is 10.1. The van der Waals surface area contributed by atoms with Crippen LogP contribution in [-0.4, -0.2) is 47.5 Å². The van der Waals surface area contributed by atoms with Crippen molar-refractivity contribution < 1.29 is 13.2 Å². The van der Waals surface area contributed by atoms with Gasteiger partial charge < -0.3 is 5.32 Å². The van der Waals surface area contributed by atoms with Crippen molar-refractivity contribution in [3.63, 3.8) is 0 Å².